The summed E-state index contributed by atoms with van der Waals surface area (Å²) in [6.07, 6.45) is 1.44. The molecule has 1 aromatic rings. The first-order valence-corrected chi connectivity index (χ1v) is 3.30. The molecule has 1 aromatic heterocycles. The summed E-state index contributed by atoms with van der Waals surface area (Å²) in [4.78, 5) is 13.9. The minimum absolute atomic E-state index is 0.176. The average Bonchev–Trinajstić information content (AvgIpc) is 2.33. The number of hydrogen-bond acceptors (Lipinski definition) is 3. The summed E-state index contributed by atoms with van der Waals surface area (Å²) in [6, 6.07) is 0. The third-order valence-electron chi connectivity index (χ3n) is 1.28. The van der Waals surface area contributed by atoms with Crippen LogP contribution in [0.1, 0.15) is 36.2 Å². The zero-order chi connectivity index (χ0) is 8.43. The van der Waals surface area contributed by atoms with Gasteiger partial charge in [0.1, 0.15) is 5.76 Å². The van der Waals surface area contributed by atoms with Crippen molar-refractivity contribution in [3.8, 4) is 0 Å². The van der Waals surface area contributed by atoms with Crippen LogP contribution in [0, 0.1) is 0 Å². The van der Waals surface area contributed by atoms with E-state index in [2.05, 4.69) is 4.98 Å². The topological polar surface area (TPSA) is 63.3 Å². The van der Waals surface area contributed by atoms with Crippen LogP contribution in [0.3, 0.4) is 0 Å². The zero-order valence-corrected chi connectivity index (χ0v) is 6.37. The molecule has 0 unspecified atom stereocenters. The van der Waals surface area contributed by atoms with E-state index < -0.39 is 5.97 Å². The maximum absolute atomic E-state index is 10.3. The summed E-state index contributed by atoms with van der Waals surface area (Å²) >= 11 is 0. The summed E-state index contributed by atoms with van der Waals surface area (Å²) < 4.78 is 4.90. The molecule has 11 heavy (non-hydrogen) atoms. The third kappa shape index (κ3) is 1.58. The summed E-state index contributed by atoms with van der Waals surface area (Å²) in [7, 11) is 0. The van der Waals surface area contributed by atoms with Gasteiger partial charge in [0.2, 0.25) is 0 Å². The van der Waals surface area contributed by atoms with Crippen LogP contribution in [0.25, 0.3) is 0 Å². The van der Waals surface area contributed by atoms with Crippen molar-refractivity contribution in [2.24, 2.45) is 0 Å². The molecular formula is C7H9NO3. The number of nitrogens with zero attached hydrogens (tertiary/aromatic N) is 1. The van der Waals surface area contributed by atoms with Gasteiger partial charge in [-0.05, 0) is 0 Å². The van der Waals surface area contributed by atoms with Gasteiger partial charge in [0.25, 0.3) is 0 Å². The predicted molar refractivity (Wildman–Crippen MR) is 37.6 cm³/mol. The lowest BCUT2D eigenvalue weighted by Crippen LogP contribution is -1.94. The predicted octanol–water partition coefficient (Wildman–Crippen LogP) is 1.50. The van der Waals surface area contributed by atoms with Crippen molar-refractivity contribution in [1.82, 2.24) is 4.98 Å². The van der Waals surface area contributed by atoms with Crippen molar-refractivity contribution in [3.05, 3.63) is 17.8 Å². The molecule has 0 aliphatic carbocycles. The molecule has 0 aliphatic rings. The van der Waals surface area contributed by atoms with Crippen molar-refractivity contribution in [2.75, 3.05) is 0 Å². The number of hydrogen-bond donors (Lipinski definition) is 1. The van der Waals surface area contributed by atoms with Crippen LogP contribution in [-0.2, 0) is 0 Å². The van der Waals surface area contributed by atoms with Crippen molar-refractivity contribution < 1.29 is 14.3 Å². The lowest BCUT2D eigenvalue weighted by atomic mass is 10.2. The Morgan fingerprint density at radius 1 is 1.73 bits per heavy atom. The molecule has 0 fully saturated rings. The van der Waals surface area contributed by atoms with Gasteiger partial charge in [-0.25, -0.2) is 9.78 Å². The van der Waals surface area contributed by atoms with Crippen LogP contribution >= 0.6 is 0 Å². The molecule has 1 rings (SSSR count). The molecular weight excluding hydrogens is 146 g/mol. The summed E-state index contributed by atoms with van der Waals surface area (Å²) in [6.45, 7) is 3.82. The van der Waals surface area contributed by atoms with Crippen molar-refractivity contribution in [2.45, 2.75) is 19.8 Å². The van der Waals surface area contributed by atoms with E-state index in [1.54, 1.807) is 0 Å². The van der Waals surface area contributed by atoms with E-state index in [1.807, 2.05) is 13.8 Å². The van der Waals surface area contributed by atoms with E-state index in [4.69, 9.17) is 9.52 Å². The maximum atomic E-state index is 10.3. The molecule has 0 bridgehead atoms. The second-order valence-corrected chi connectivity index (χ2v) is 2.53. The number of aromatic nitrogens is 1. The first-order chi connectivity index (χ1) is 5.11. The minimum atomic E-state index is -1.13. The smallest absolute Gasteiger partial charge is 0.392 e. The van der Waals surface area contributed by atoms with Gasteiger partial charge >= 0.3 is 11.9 Å². The van der Waals surface area contributed by atoms with E-state index >= 15 is 0 Å². The molecule has 0 saturated carbocycles. The Morgan fingerprint density at radius 3 is 2.64 bits per heavy atom. The Hall–Kier alpha value is -1.32. The Morgan fingerprint density at radius 2 is 2.36 bits per heavy atom. The number of carboxylic acid groups (broad SMARTS) is 1. The molecule has 4 nitrogen and oxygen atoms in total. The lowest BCUT2D eigenvalue weighted by Gasteiger charge is -1.94. The molecule has 0 aromatic carbocycles. The largest absolute Gasteiger partial charge is 0.474 e. The number of rotatable bonds is 2. The lowest BCUT2D eigenvalue weighted by molar-refractivity contribution is 0.0651. The quantitative estimate of drug-likeness (QED) is 0.702. The fraction of sp³-hybridized carbons (Fsp3) is 0.429. The van der Waals surface area contributed by atoms with E-state index in [0.29, 0.717) is 5.76 Å². The highest BCUT2D eigenvalue weighted by atomic mass is 16.4. The van der Waals surface area contributed by atoms with Gasteiger partial charge in [-0.15, -0.1) is 0 Å². The standard InChI is InChI=1S/C7H9NO3/c1-4(2)5-3-8-6(11-5)7(9)10/h3-4H,1-2H3,(H,9,10). The molecule has 1 N–H and O–H groups in total. The van der Waals surface area contributed by atoms with Crippen LogP contribution in [0.2, 0.25) is 0 Å². The van der Waals surface area contributed by atoms with Crippen molar-refractivity contribution in [1.29, 1.82) is 0 Å². The Labute approximate surface area is 63.9 Å². The first-order valence-electron chi connectivity index (χ1n) is 3.30. The van der Waals surface area contributed by atoms with E-state index in [0.717, 1.165) is 0 Å². The van der Waals surface area contributed by atoms with Gasteiger partial charge in [-0.2, -0.15) is 0 Å². The SMILES string of the molecule is CC(C)c1cnc(C(=O)O)o1. The highest BCUT2D eigenvalue weighted by Gasteiger charge is 2.12. The number of oxazole rings is 1. The fourth-order valence-electron chi connectivity index (χ4n) is 0.652. The van der Waals surface area contributed by atoms with Gasteiger partial charge in [0.05, 0.1) is 6.20 Å². The summed E-state index contributed by atoms with van der Waals surface area (Å²) in [5.74, 6) is -0.594. The molecule has 0 amide bonds. The van der Waals surface area contributed by atoms with Gasteiger partial charge in [0.15, 0.2) is 0 Å². The molecule has 60 valence electrons. The molecule has 0 spiro atoms. The number of carboxylic acids is 1. The van der Waals surface area contributed by atoms with Crippen LogP contribution in [-0.4, -0.2) is 16.1 Å². The fourth-order valence-corrected chi connectivity index (χ4v) is 0.652. The Bertz CT molecular complexity index is 264. The second kappa shape index (κ2) is 2.74. The van der Waals surface area contributed by atoms with E-state index in [1.165, 1.54) is 6.20 Å². The highest BCUT2D eigenvalue weighted by Crippen LogP contribution is 2.14. The zero-order valence-electron chi connectivity index (χ0n) is 6.37. The van der Waals surface area contributed by atoms with Gasteiger partial charge in [-0.3, -0.25) is 0 Å². The molecule has 1 heterocycles. The first kappa shape index (κ1) is 7.78. The summed E-state index contributed by atoms with van der Waals surface area (Å²) in [5.41, 5.74) is 0. The normalized spacial score (nSPS) is 10.5. The highest BCUT2D eigenvalue weighted by molar-refractivity contribution is 5.81. The van der Waals surface area contributed by atoms with Crippen LogP contribution < -0.4 is 0 Å². The van der Waals surface area contributed by atoms with Crippen LogP contribution in [0.15, 0.2) is 10.6 Å². The summed E-state index contributed by atoms with van der Waals surface area (Å²) in [5, 5.41) is 8.42. The Balaban J connectivity index is 2.90. The van der Waals surface area contributed by atoms with Crippen molar-refractivity contribution >= 4 is 5.97 Å². The molecule has 0 radical (unpaired) electrons. The monoisotopic (exact) mass is 155 g/mol. The van der Waals surface area contributed by atoms with Crippen LogP contribution in [0.5, 0.6) is 0 Å². The minimum Gasteiger partial charge on any atom is -0.474 e. The van der Waals surface area contributed by atoms with E-state index in [-0.39, 0.29) is 11.8 Å². The van der Waals surface area contributed by atoms with Gasteiger partial charge < -0.3 is 9.52 Å². The maximum Gasteiger partial charge on any atom is 0.392 e. The number of carbonyl (C=O) groups is 1. The number of aromatic carboxylic acids is 1. The second-order valence-electron chi connectivity index (χ2n) is 2.53. The van der Waals surface area contributed by atoms with Gasteiger partial charge in [0, 0.05) is 5.92 Å². The van der Waals surface area contributed by atoms with Gasteiger partial charge in [-0.1, -0.05) is 13.8 Å². The molecule has 4 heteroatoms. The molecule has 0 aliphatic heterocycles. The van der Waals surface area contributed by atoms with E-state index in [9.17, 15) is 4.79 Å². The molecule has 0 saturated heterocycles. The van der Waals surface area contributed by atoms with Crippen LogP contribution in [0.4, 0.5) is 0 Å². The molecule has 0 atom stereocenters. The third-order valence-corrected chi connectivity index (χ3v) is 1.28. The van der Waals surface area contributed by atoms with Crippen molar-refractivity contribution in [3.63, 3.8) is 0 Å². The Kier molecular flexibility index (Phi) is 1.94. The average molecular weight is 155 g/mol.